The third-order valence-corrected chi connectivity index (χ3v) is 7.88. The first-order valence-electron chi connectivity index (χ1n) is 11.1. The lowest BCUT2D eigenvalue weighted by atomic mass is 10.1. The second-order valence-corrected chi connectivity index (χ2v) is 10.4. The number of anilines is 3. The molecule has 0 unspecified atom stereocenters. The van der Waals surface area contributed by atoms with E-state index in [-0.39, 0.29) is 10.5 Å². The van der Waals surface area contributed by atoms with Crippen molar-refractivity contribution in [1.82, 2.24) is 4.98 Å². The Labute approximate surface area is 208 Å². The van der Waals surface area contributed by atoms with Crippen molar-refractivity contribution in [3.8, 4) is 17.0 Å². The van der Waals surface area contributed by atoms with E-state index in [0.717, 1.165) is 29.2 Å². The summed E-state index contributed by atoms with van der Waals surface area (Å²) in [5.74, 6) is 0.440. The number of methoxy groups -OCH3 is 1. The monoisotopic (exact) mass is 513 g/mol. The van der Waals surface area contributed by atoms with Crippen molar-refractivity contribution in [1.29, 1.82) is 0 Å². The van der Waals surface area contributed by atoms with E-state index in [1.54, 1.807) is 38.2 Å². The molecule has 35 heavy (non-hydrogen) atoms. The first-order chi connectivity index (χ1) is 16.8. The average Bonchev–Trinajstić information content (AvgIpc) is 3.33. The molecule has 1 amide bonds. The minimum absolute atomic E-state index is 0.0228. The zero-order valence-corrected chi connectivity index (χ0v) is 21.6. The number of nitrogens with one attached hydrogen (secondary N) is 2. The number of hydrogen-bond donors (Lipinski definition) is 2. The van der Waals surface area contributed by atoms with Crippen LogP contribution in [0.5, 0.6) is 5.75 Å². The molecule has 0 spiro atoms. The molecule has 0 radical (unpaired) electrons. The summed E-state index contributed by atoms with van der Waals surface area (Å²) in [6.07, 6.45) is 1.85. The number of benzene rings is 2. The lowest BCUT2D eigenvalue weighted by Crippen LogP contribution is -2.34. The SMILES string of the molecule is CCCCN1C(C)=NS(=O)(=O)c2cc(C(=O)Nc3cc(-c4csc(NC)n4)ccc3OC)ccc21. The number of amidine groups is 1. The number of amides is 1. The number of rotatable bonds is 8. The zero-order chi connectivity index (χ0) is 25.2. The van der Waals surface area contributed by atoms with Gasteiger partial charge in [0.25, 0.3) is 15.9 Å². The number of nitrogens with zero attached hydrogens (tertiary/aromatic N) is 3. The van der Waals surface area contributed by atoms with E-state index in [4.69, 9.17) is 4.74 Å². The third-order valence-electron chi connectivity index (χ3n) is 5.63. The smallest absolute Gasteiger partial charge is 0.286 e. The highest BCUT2D eigenvalue weighted by Gasteiger charge is 2.29. The van der Waals surface area contributed by atoms with E-state index in [0.29, 0.717) is 29.5 Å². The molecule has 0 bridgehead atoms. The Morgan fingerprint density at radius 1 is 1.20 bits per heavy atom. The number of carbonyl (C=O) groups excluding carboxylic acids is 1. The lowest BCUT2D eigenvalue weighted by Gasteiger charge is -2.29. The second kappa shape index (κ2) is 10.0. The fourth-order valence-electron chi connectivity index (χ4n) is 3.81. The Kier molecular flexibility index (Phi) is 7.08. The zero-order valence-electron chi connectivity index (χ0n) is 20.0. The fraction of sp³-hybridized carbons (Fsp3) is 0.292. The molecule has 4 rings (SSSR count). The number of unbranched alkanes of at least 4 members (excludes halogenated alkanes) is 1. The summed E-state index contributed by atoms with van der Waals surface area (Å²) in [4.78, 5) is 19.6. The van der Waals surface area contributed by atoms with E-state index < -0.39 is 15.9 Å². The Bertz CT molecular complexity index is 1400. The summed E-state index contributed by atoms with van der Waals surface area (Å²) >= 11 is 1.48. The minimum Gasteiger partial charge on any atom is -0.495 e. The fourth-order valence-corrected chi connectivity index (χ4v) is 5.75. The van der Waals surface area contributed by atoms with Gasteiger partial charge in [0.1, 0.15) is 16.5 Å². The van der Waals surface area contributed by atoms with Gasteiger partial charge < -0.3 is 20.3 Å². The molecule has 2 N–H and O–H groups in total. The molecule has 0 atom stereocenters. The maximum Gasteiger partial charge on any atom is 0.286 e. The predicted molar refractivity (Wildman–Crippen MR) is 141 cm³/mol. The summed E-state index contributed by atoms with van der Waals surface area (Å²) in [6, 6.07) is 10.1. The number of thiazole rings is 1. The van der Waals surface area contributed by atoms with E-state index in [1.165, 1.54) is 24.5 Å². The molecule has 3 aromatic rings. The standard InChI is InChI=1S/C24H27N5O4S2/c1-5-6-11-29-15(2)28-35(31,32)22-13-17(7-9-20(22)29)23(30)26-18-12-16(8-10-21(18)33-4)19-14-34-24(25-3)27-19/h7-10,12-14H,5-6,11H2,1-4H3,(H,25,27)(H,26,30). The molecule has 0 saturated heterocycles. The first-order valence-corrected chi connectivity index (χ1v) is 13.5. The van der Waals surface area contributed by atoms with Crippen LogP contribution in [0.25, 0.3) is 11.3 Å². The summed E-state index contributed by atoms with van der Waals surface area (Å²) in [5, 5.41) is 8.55. The largest absolute Gasteiger partial charge is 0.495 e. The maximum atomic E-state index is 13.2. The molecule has 1 aliphatic heterocycles. The Hall–Kier alpha value is -3.44. The van der Waals surface area contributed by atoms with Gasteiger partial charge in [0.2, 0.25) is 0 Å². The van der Waals surface area contributed by atoms with Crippen LogP contribution in [0.2, 0.25) is 0 Å². The van der Waals surface area contributed by atoms with E-state index >= 15 is 0 Å². The van der Waals surface area contributed by atoms with E-state index in [2.05, 4.69) is 26.9 Å². The topological polar surface area (TPSA) is 113 Å². The summed E-state index contributed by atoms with van der Waals surface area (Å²) < 4.78 is 34.9. The van der Waals surface area contributed by atoms with Gasteiger partial charge in [0, 0.05) is 30.1 Å². The Morgan fingerprint density at radius 2 is 2.00 bits per heavy atom. The van der Waals surface area contributed by atoms with Gasteiger partial charge in [0.15, 0.2) is 5.13 Å². The highest BCUT2D eigenvalue weighted by atomic mass is 32.2. The Balaban J connectivity index is 1.66. The van der Waals surface area contributed by atoms with Crippen LogP contribution < -0.4 is 20.3 Å². The number of aromatic nitrogens is 1. The number of fused-ring (bicyclic) bond motifs is 1. The van der Waals surface area contributed by atoms with Gasteiger partial charge >= 0.3 is 0 Å². The molecular weight excluding hydrogens is 486 g/mol. The molecule has 9 nitrogen and oxygen atoms in total. The second-order valence-electron chi connectivity index (χ2n) is 7.96. The normalized spacial score (nSPS) is 14.2. The maximum absolute atomic E-state index is 13.2. The molecular formula is C24H27N5O4S2. The number of hydrogen-bond acceptors (Lipinski definition) is 8. The van der Waals surface area contributed by atoms with Gasteiger partial charge in [-0.15, -0.1) is 15.7 Å². The molecule has 0 aliphatic carbocycles. The summed E-state index contributed by atoms with van der Waals surface area (Å²) in [7, 11) is -0.586. The first kappa shape index (κ1) is 24.7. The van der Waals surface area contributed by atoms with Gasteiger partial charge in [-0.3, -0.25) is 4.79 Å². The van der Waals surface area contributed by atoms with Crippen molar-refractivity contribution in [2.75, 3.05) is 36.2 Å². The van der Waals surface area contributed by atoms with Crippen LogP contribution in [0, 0.1) is 0 Å². The van der Waals surface area contributed by atoms with Crippen LogP contribution >= 0.6 is 11.3 Å². The van der Waals surface area contributed by atoms with Gasteiger partial charge in [-0.1, -0.05) is 13.3 Å². The van der Waals surface area contributed by atoms with Gasteiger partial charge in [-0.25, -0.2) is 4.98 Å². The highest BCUT2D eigenvalue weighted by Crippen LogP contribution is 2.35. The third kappa shape index (κ3) is 5.01. The van der Waals surface area contributed by atoms with Gasteiger partial charge in [-0.05, 0) is 49.7 Å². The van der Waals surface area contributed by atoms with Crippen molar-refractivity contribution in [3.05, 3.63) is 47.3 Å². The number of sulfonamides is 1. The Morgan fingerprint density at radius 3 is 2.69 bits per heavy atom. The van der Waals surface area contributed by atoms with Crippen LogP contribution in [0.4, 0.5) is 16.5 Å². The van der Waals surface area contributed by atoms with Crippen LogP contribution in [0.15, 0.2) is 51.1 Å². The summed E-state index contributed by atoms with van der Waals surface area (Å²) in [6.45, 7) is 4.40. The van der Waals surface area contributed by atoms with E-state index in [9.17, 15) is 13.2 Å². The van der Waals surface area contributed by atoms with Crippen molar-refractivity contribution >= 4 is 49.6 Å². The van der Waals surface area contributed by atoms with Crippen molar-refractivity contribution in [3.63, 3.8) is 0 Å². The highest BCUT2D eigenvalue weighted by molar-refractivity contribution is 7.90. The molecule has 1 aliphatic rings. The molecule has 2 heterocycles. The molecule has 2 aromatic carbocycles. The average molecular weight is 514 g/mol. The number of ether oxygens (including phenoxy) is 1. The van der Waals surface area contributed by atoms with Crippen molar-refractivity contribution < 1.29 is 17.9 Å². The van der Waals surface area contributed by atoms with Crippen LogP contribution in [-0.2, 0) is 10.0 Å². The number of carbonyl (C=O) groups is 1. The van der Waals surface area contributed by atoms with Gasteiger partial charge in [-0.2, -0.15) is 8.42 Å². The lowest BCUT2D eigenvalue weighted by molar-refractivity contribution is 0.102. The molecule has 0 saturated carbocycles. The minimum atomic E-state index is -3.91. The van der Waals surface area contributed by atoms with Crippen molar-refractivity contribution in [2.24, 2.45) is 4.40 Å². The van der Waals surface area contributed by atoms with Crippen LogP contribution in [0.1, 0.15) is 37.0 Å². The van der Waals surface area contributed by atoms with Gasteiger partial charge in [0.05, 0.1) is 24.2 Å². The molecule has 11 heteroatoms. The van der Waals surface area contributed by atoms with E-state index in [1.807, 2.05) is 16.3 Å². The van der Waals surface area contributed by atoms with Crippen molar-refractivity contribution in [2.45, 2.75) is 31.6 Å². The summed E-state index contributed by atoms with van der Waals surface area (Å²) in [5.41, 5.74) is 2.76. The molecule has 1 aromatic heterocycles. The van der Waals surface area contributed by atoms with Crippen LogP contribution in [-0.4, -0.2) is 45.8 Å². The molecule has 0 fully saturated rings. The predicted octanol–water partition coefficient (Wildman–Crippen LogP) is 4.84. The molecule has 184 valence electrons. The quantitative estimate of drug-likeness (QED) is 0.443. The van der Waals surface area contributed by atoms with Crippen LogP contribution in [0.3, 0.4) is 0 Å².